The quantitative estimate of drug-likeness (QED) is 0.885. The number of nitrogens with zero attached hydrogens (tertiary/aromatic N) is 5. The summed E-state index contributed by atoms with van der Waals surface area (Å²) in [6, 6.07) is 1.77. The molecule has 3 rings (SSSR count). The lowest BCUT2D eigenvalue weighted by Crippen LogP contribution is -2.43. The van der Waals surface area contributed by atoms with Crippen LogP contribution in [0.4, 0.5) is 10.6 Å². The molecule has 3 heterocycles. The van der Waals surface area contributed by atoms with Crippen molar-refractivity contribution < 1.29 is 4.79 Å². The molecule has 2 N–H and O–H groups in total. The SMILES string of the molecule is CCCc1cc(NC(=O)N[C@@H]2CCc3ncnn3C2)n(C)n1. The molecule has 22 heavy (non-hydrogen) atoms. The van der Waals surface area contributed by atoms with E-state index in [1.54, 1.807) is 11.0 Å². The van der Waals surface area contributed by atoms with Crippen molar-refractivity contribution in [3.05, 3.63) is 23.9 Å². The monoisotopic (exact) mass is 303 g/mol. The van der Waals surface area contributed by atoms with Gasteiger partial charge in [-0.25, -0.2) is 14.5 Å². The van der Waals surface area contributed by atoms with Crippen LogP contribution in [0, 0.1) is 0 Å². The topological polar surface area (TPSA) is 89.7 Å². The van der Waals surface area contributed by atoms with Crippen LogP contribution < -0.4 is 10.6 Å². The Labute approximate surface area is 128 Å². The first-order chi connectivity index (χ1) is 10.7. The van der Waals surface area contributed by atoms with Gasteiger partial charge in [0.25, 0.3) is 0 Å². The van der Waals surface area contributed by atoms with Gasteiger partial charge in [0.05, 0.1) is 18.3 Å². The minimum absolute atomic E-state index is 0.0672. The molecule has 118 valence electrons. The summed E-state index contributed by atoms with van der Waals surface area (Å²) in [7, 11) is 1.83. The van der Waals surface area contributed by atoms with E-state index in [4.69, 9.17) is 0 Å². The van der Waals surface area contributed by atoms with Gasteiger partial charge in [0.15, 0.2) is 0 Å². The lowest BCUT2D eigenvalue weighted by atomic mass is 10.1. The van der Waals surface area contributed by atoms with Gasteiger partial charge in [0.1, 0.15) is 18.0 Å². The smallest absolute Gasteiger partial charge is 0.320 e. The molecule has 1 aliphatic heterocycles. The molecular formula is C14H21N7O. The number of hydrogen-bond acceptors (Lipinski definition) is 4. The number of carbonyl (C=O) groups excluding carboxylic acids is 1. The number of urea groups is 1. The second-order valence-electron chi connectivity index (χ2n) is 5.59. The van der Waals surface area contributed by atoms with Crippen LogP contribution in [0.5, 0.6) is 0 Å². The number of amides is 2. The van der Waals surface area contributed by atoms with Crippen LogP contribution in [0.1, 0.15) is 31.3 Å². The molecule has 2 aromatic heterocycles. The predicted octanol–water partition coefficient (Wildman–Crippen LogP) is 1.10. The highest BCUT2D eigenvalue weighted by atomic mass is 16.2. The Bertz CT molecular complexity index is 660. The van der Waals surface area contributed by atoms with Crippen LogP contribution in [0.15, 0.2) is 12.4 Å². The summed E-state index contributed by atoms with van der Waals surface area (Å²) in [5.41, 5.74) is 0.991. The standard InChI is InChI=1S/C14H21N7O/c1-3-4-10-7-13(20(2)19-10)18-14(22)17-11-5-6-12-15-9-16-21(12)8-11/h7,9,11H,3-6,8H2,1-2H3,(H2,17,18,22)/t11-/m1/s1. The average Bonchev–Trinajstić information content (AvgIpc) is 3.06. The van der Waals surface area contributed by atoms with E-state index in [0.29, 0.717) is 12.4 Å². The molecule has 0 saturated carbocycles. The van der Waals surface area contributed by atoms with Gasteiger partial charge in [-0.15, -0.1) is 0 Å². The molecule has 8 heteroatoms. The lowest BCUT2D eigenvalue weighted by molar-refractivity contribution is 0.243. The normalized spacial score (nSPS) is 17.1. The molecule has 0 unspecified atom stereocenters. The van der Waals surface area contributed by atoms with E-state index in [0.717, 1.165) is 37.2 Å². The Morgan fingerprint density at radius 3 is 3.18 bits per heavy atom. The molecule has 0 aliphatic carbocycles. The summed E-state index contributed by atoms with van der Waals surface area (Å²) in [4.78, 5) is 16.3. The molecule has 1 atom stereocenters. The summed E-state index contributed by atoms with van der Waals surface area (Å²) in [6.45, 7) is 2.77. The van der Waals surface area contributed by atoms with Gasteiger partial charge in [-0.3, -0.25) is 10.00 Å². The second kappa shape index (κ2) is 6.17. The summed E-state index contributed by atoms with van der Waals surface area (Å²) >= 11 is 0. The van der Waals surface area contributed by atoms with E-state index in [-0.39, 0.29) is 12.1 Å². The van der Waals surface area contributed by atoms with E-state index in [1.165, 1.54) is 0 Å². The van der Waals surface area contributed by atoms with Gasteiger partial charge >= 0.3 is 6.03 Å². The summed E-state index contributed by atoms with van der Waals surface area (Å²) in [5.74, 6) is 1.69. The van der Waals surface area contributed by atoms with Crippen LogP contribution in [-0.2, 0) is 26.4 Å². The van der Waals surface area contributed by atoms with Gasteiger partial charge in [-0.1, -0.05) is 13.3 Å². The maximum absolute atomic E-state index is 12.1. The molecule has 1 aliphatic rings. The summed E-state index contributed by atoms with van der Waals surface area (Å²) in [6.07, 6.45) is 5.21. The molecule has 0 saturated heterocycles. The van der Waals surface area contributed by atoms with Gasteiger partial charge in [-0.05, 0) is 12.8 Å². The van der Waals surface area contributed by atoms with E-state index in [1.807, 2.05) is 17.8 Å². The highest BCUT2D eigenvalue weighted by Crippen LogP contribution is 2.13. The first-order valence-electron chi connectivity index (χ1n) is 7.63. The number of rotatable bonds is 4. The molecule has 0 fully saturated rings. The molecule has 0 bridgehead atoms. The second-order valence-corrected chi connectivity index (χ2v) is 5.59. The summed E-state index contributed by atoms with van der Waals surface area (Å²) in [5, 5.41) is 14.4. The highest BCUT2D eigenvalue weighted by molar-refractivity contribution is 5.88. The maximum Gasteiger partial charge on any atom is 0.320 e. The Kier molecular flexibility index (Phi) is 4.08. The van der Waals surface area contributed by atoms with Crippen molar-refractivity contribution in [1.82, 2.24) is 29.9 Å². The van der Waals surface area contributed by atoms with Gasteiger partial charge in [0.2, 0.25) is 0 Å². The molecule has 2 amide bonds. The van der Waals surface area contributed by atoms with Crippen LogP contribution in [-0.4, -0.2) is 36.6 Å². The van der Waals surface area contributed by atoms with Crippen LogP contribution in [0.25, 0.3) is 0 Å². The minimum atomic E-state index is -0.209. The number of aryl methyl sites for hydroxylation is 3. The zero-order valence-corrected chi connectivity index (χ0v) is 12.9. The third-order valence-electron chi connectivity index (χ3n) is 3.82. The van der Waals surface area contributed by atoms with Crippen molar-refractivity contribution in [3.8, 4) is 0 Å². The van der Waals surface area contributed by atoms with E-state index < -0.39 is 0 Å². The fraction of sp³-hybridized carbons (Fsp3) is 0.571. The van der Waals surface area contributed by atoms with Crippen molar-refractivity contribution in [2.75, 3.05) is 5.32 Å². The molecule has 2 aromatic rings. The van der Waals surface area contributed by atoms with Crippen LogP contribution in [0.2, 0.25) is 0 Å². The first kappa shape index (κ1) is 14.6. The molecule has 8 nitrogen and oxygen atoms in total. The minimum Gasteiger partial charge on any atom is -0.333 e. The number of carbonyl (C=O) groups is 1. The van der Waals surface area contributed by atoms with Gasteiger partial charge in [-0.2, -0.15) is 10.2 Å². The first-order valence-corrected chi connectivity index (χ1v) is 7.63. The Morgan fingerprint density at radius 2 is 2.36 bits per heavy atom. The molecule has 0 radical (unpaired) electrons. The molecule has 0 spiro atoms. The number of nitrogens with one attached hydrogen (secondary N) is 2. The zero-order chi connectivity index (χ0) is 15.5. The van der Waals surface area contributed by atoms with Crippen molar-refractivity contribution in [3.63, 3.8) is 0 Å². The van der Waals surface area contributed by atoms with E-state index >= 15 is 0 Å². The number of hydrogen-bond donors (Lipinski definition) is 2. The van der Waals surface area contributed by atoms with Crippen molar-refractivity contribution in [2.24, 2.45) is 7.05 Å². The molecular weight excluding hydrogens is 282 g/mol. The Morgan fingerprint density at radius 1 is 1.50 bits per heavy atom. The maximum atomic E-state index is 12.1. The lowest BCUT2D eigenvalue weighted by Gasteiger charge is -2.23. The average molecular weight is 303 g/mol. The van der Waals surface area contributed by atoms with Crippen molar-refractivity contribution in [2.45, 2.75) is 45.2 Å². The third kappa shape index (κ3) is 3.10. The predicted molar refractivity (Wildman–Crippen MR) is 81.5 cm³/mol. The van der Waals surface area contributed by atoms with E-state index in [2.05, 4.69) is 32.7 Å². The third-order valence-corrected chi connectivity index (χ3v) is 3.82. The van der Waals surface area contributed by atoms with Gasteiger partial charge in [0, 0.05) is 19.5 Å². The number of fused-ring (bicyclic) bond motifs is 1. The Balaban J connectivity index is 1.57. The van der Waals surface area contributed by atoms with E-state index in [9.17, 15) is 4.79 Å². The fourth-order valence-electron chi connectivity index (χ4n) is 2.72. The summed E-state index contributed by atoms with van der Waals surface area (Å²) < 4.78 is 3.54. The van der Waals surface area contributed by atoms with Crippen molar-refractivity contribution in [1.29, 1.82) is 0 Å². The fourth-order valence-corrected chi connectivity index (χ4v) is 2.72. The number of aromatic nitrogens is 5. The number of anilines is 1. The Hall–Kier alpha value is -2.38. The zero-order valence-electron chi connectivity index (χ0n) is 12.9. The van der Waals surface area contributed by atoms with Gasteiger partial charge < -0.3 is 5.32 Å². The van der Waals surface area contributed by atoms with Crippen molar-refractivity contribution >= 4 is 11.8 Å². The van der Waals surface area contributed by atoms with Crippen LogP contribution in [0.3, 0.4) is 0 Å². The van der Waals surface area contributed by atoms with Crippen LogP contribution >= 0.6 is 0 Å². The largest absolute Gasteiger partial charge is 0.333 e. The highest BCUT2D eigenvalue weighted by Gasteiger charge is 2.21. The molecule has 0 aromatic carbocycles.